The Labute approximate surface area is 165 Å². The number of rotatable bonds is 4. The topological polar surface area (TPSA) is 53.6 Å². The van der Waals surface area contributed by atoms with Gasteiger partial charge in [0.05, 0.1) is 0 Å². The first-order chi connectivity index (χ1) is 11.6. The van der Waals surface area contributed by atoms with Crippen molar-refractivity contribution >= 4 is 35.6 Å². The Bertz CT molecular complexity index is 590. The average Bonchev–Trinajstić information content (AvgIpc) is 3.05. The molecule has 1 heterocycles. The summed E-state index contributed by atoms with van der Waals surface area (Å²) in [6, 6.07) is 4.54. The second-order valence-corrected chi connectivity index (χ2v) is 6.90. The van der Waals surface area contributed by atoms with Crippen molar-refractivity contribution in [1.82, 2.24) is 5.32 Å². The zero-order valence-electron chi connectivity index (χ0n) is 14.4. The fourth-order valence-corrected chi connectivity index (χ4v) is 3.63. The minimum absolute atomic E-state index is 0. The fourth-order valence-electron chi connectivity index (χ4n) is 3.63. The van der Waals surface area contributed by atoms with E-state index in [-0.39, 0.29) is 24.0 Å². The van der Waals surface area contributed by atoms with Crippen LogP contribution in [-0.2, 0) is 0 Å². The van der Waals surface area contributed by atoms with Crippen LogP contribution in [0.3, 0.4) is 0 Å². The van der Waals surface area contributed by atoms with Gasteiger partial charge in [0.1, 0.15) is 0 Å². The molecule has 2 aliphatic rings. The fraction of sp³-hybridized carbons (Fsp3) is 0.611. The lowest BCUT2D eigenvalue weighted by atomic mass is 9.96. The molecule has 0 bridgehead atoms. The van der Waals surface area contributed by atoms with E-state index in [0.29, 0.717) is 24.5 Å². The lowest BCUT2D eigenvalue weighted by molar-refractivity contribution is 0.412. The highest BCUT2D eigenvalue weighted by Gasteiger charge is 2.23. The number of anilines is 1. The number of nitrogens with one attached hydrogen (secondary N) is 1. The first-order valence-electron chi connectivity index (χ1n) is 8.88. The highest BCUT2D eigenvalue weighted by Crippen LogP contribution is 2.25. The summed E-state index contributed by atoms with van der Waals surface area (Å²) in [5.74, 6) is -0.673. The third-order valence-electron chi connectivity index (χ3n) is 5.03. The molecule has 1 atom stereocenters. The summed E-state index contributed by atoms with van der Waals surface area (Å²) in [7, 11) is 0. The number of benzene rings is 1. The average molecular weight is 464 g/mol. The number of nitrogens with two attached hydrogens (primary N) is 1. The maximum absolute atomic E-state index is 13.4. The minimum Gasteiger partial charge on any atom is -0.371 e. The van der Waals surface area contributed by atoms with Crippen molar-refractivity contribution in [3.8, 4) is 0 Å². The van der Waals surface area contributed by atoms with Gasteiger partial charge in [0.25, 0.3) is 0 Å². The van der Waals surface area contributed by atoms with Gasteiger partial charge in [0.2, 0.25) is 0 Å². The molecule has 1 aromatic rings. The zero-order chi connectivity index (χ0) is 16.9. The summed E-state index contributed by atoms with van der Waals surface area (Å²) in [5.41, 5.74) is 6.73. The Hall–Kier alpha value is -1.12. The second-order valence-electron chi connectivity index (χ2n) is 6.90. The van der Waals surface area contributed by atoms with Crippen molar-refractivity contribution in [2.45, 2.75) is 44.6 Å². The highest BCUT2D eigenvalue weighted by atomic mass is 127. The zero-order valence-corrected chi connectivity index (χ0v) is 16.7. The van der Waals surface area contributed by atoms with Gasteiger partial charge in [-0.3, -0.25) is 4.99 Å². The van der Waals surface area contributed by atoms with E-state index in [9.17, 15) is 8.78 Å². The van der Waals surface area contributed by atoms with Crippen LogP contribution >= 0.6 is 24.0 Å². The lowest BCUT2D eigenvalue weighted by Gasteiger charge is -2.23. The first-order valence-corrected chi connectivity index (χ1v) is 8.88. The molecule has 0 amide bonds. The van der Waals surface area contributed by atoms with Gasteiger partial charge in [0, 0.05) is 37.4 Å². The predicted molar refractivity (Wildman–Crippen MR) is 109 cm³/mol. The molecule has 2 fully saturated rings. The predicted octanol–water partition coefficient (Wildman–Crippen LogP) is 3.65. The summed E-state index contributed by atoms with van der Waals surface area (Å²) >= 11 is 0. The summed E-state index contributed by atoms with van der Waals surface area (Å²) < 4.78 is 26.4. The van der Waals surface area contributed by atoms with Gasteiger partial charge in [-0.25, -0.2) is 8.78 Å². The number of aliphatic imine (C=N–C) groups is 1. The molecule has 25 heavy (non-hydrogen) atoms. The first kappa shape index (κ1) is 20.2. The maximum Gasteiger partial charge on any atom is 0.188 e. The quantitative estimate of drug-likeness (QED) is 0.407. The van der Waals surface area contributed by atoms with Crippen LogP contribution in [0.2, 0.25) is 0 Å². The van der Waals surface area contributed by atoms with Crippen LogP contribution in [0.1, 0.15) is 38.5 Å². The Morgan fingerprint density at radius 2 is 1.92 bits per heavy atom. The molecule has 1 saturated heterocycles. The Morgan fingerprint density at radius 1 is 1.16 bits per heavy atom. The smallest absolute Gasteiger partial charge is 0.188 e. The van der Waals surface area contributed by atoms with E-state index in [4.69, 9.17) is 5.73 Å². The molecule has 1 unspecified atom stereocenters. The summed E-state index contributed by atoms with van der Waals surface area (Å²) in [4.78, 5) is 6.56. The summed E-state index contributed by atoms with van der Waals surface area (Å²) in [5, 5.41) is 3.32. The van der Waals surface area contributed by atoms with E-state index in [1.165, 1.54) is 44.2 Å². The number of guanidine groups is 1. The van der Waals surface area contributed by atoms with Crippen molar-refractivity contribution in [3.05, 3.63) is 29.8 Å². The number of halogens is 3. The van der Waals surface area contributed by atoms with Crippen LogP contribution in [0, 0.1) is 17.6 Å². The van der Waals surface area contributed by atoms with Gasteiger partial charge in [-0.2, -0.15) is 0 Å². The van der Waals surface area contributed by atoms with Crippen molar-refractivity contribution < 1.29 is 8.78 Å². The molecule has 140 valence electrons. The molecule has 1 aromatic carbocycles. The third-order valence-corrected chi connectivity index (χ3v) is 5.03. The number of hydrogen-bond donors (Lipinski definition) is 2. The molecule has 4 nitrogen and oxygen atoms in total. The van der Waals surface area contributed by atoms with Crippen LogP contribution in [0.4, 0.5) is 14.5 Å². The van der Waals surface area contributed by atoms with Gasteiger partial charge >= 0.3 is 0 Å². The molecule has 7 heteroatoms. The molecular weight excluding hydrogens is 437 g/mol. The van der Waals surface area contributed by atoms with Crippen molar-refractivity contribution in [2.24, 2.45) is 16.6 Å². The SMILES string of the molecule is I.NC(=NCC1CCN(c2ccc(F)c(F)c2)C1)NC1CCCCC1. The van der Waals surface area contributed by atoms with Crippen molar-refractivity contribution in [3.63, 3.8) is 0 Å². The molecule has 0 spiro atoms. The van der Waals surface area contributed by atoms with Crippen LogP contribution in [0.5, 0.6) is 0 Å². The largest absolute Gasteiger partial charge is 0.371 e. The third kappa shape index (κ3) is 5.69. The molecule has 0 radical (unpaired) electrons. The standard InChI is InChI=1S/C18H26F2N4.HI/c19-16-7-6-15(10-17(16)20)24-9-8-13(12-24)11-22-18(21)23-14-4-2-1-3-5-14;/h6-7,10,13-14H,1-5,8-9,11-12H2,(H3,21,22,23);1H. The van der Waals surface area contributed by atoms with E-state index in [1.54, 1.807) is 6.07 Å². The maximum atomic E-state index is 13.4. The lowest BCUT2D eigenvalue weighted by Crippen LogP contribution is -2.41. The normalized spacial score (nSPS) is 21.9. The van der Waals surface area contributed by atoms with Crippen LogP contribution < -0.4 is 16.0 Å². The monoisotopic (exact) mass is 464 g/mol. The summed E-state index contributed by atoms with van der Waals surface area (Å²) in [6.07, 6.45) is 7.16. The van der Waals surface area contributed by atoms with Gasteiger partial charge in [-0.05, 0) is 37.3 Å². The Morgan fingerprint density at radius 3 is 2.64 bits per heavy atom. The van der Waals surface area contributed by atoms with Crippen LogP contribution in [0.25, 0.3) is 0 Å². The van der Waals surface area contributed by atoms with Gasteiger partial charge in [-0.15, -0.1) is 24.0 Å². The van der Waals surface area contributed by atoms with Gasteiger partial charge in [0.15, 0.2) is 17.6 Å². The van der Waals surface area contributed by atoms with Gasteiger partial charge < -0.3 is 16.0 Å². The molecule has 3 N–H and O–H groups in total. The van der Waals surface area contributed by atoms with E-state index in [2.05, 4.69) is 15.2 Å². The molecule has 0 aromatic heterocycles. The van der Waals surface area contributed by atoms with E-state index in [0.717, 1.165) is 25.2 Å². The Balaban J connectivity index is 0.00000225. The number of hydrogen-bond acceptors (Lipinski definition) is 2. The summed E-state index contributed by atoms with van der Waals surface area (Å²) in [6.45, 7) is 2.30. The highest BCUT2D eigenvalue weighted by molar-refractivity contribution is 14.0. The Kier molecular flexibility index (Phi) is 7.71. The van der Waals surface area contributed by atoms with Gasteiger partial charge in [-0.1, -0.05) is 19.3 Å². The van der Waals surface area contributed by atoms with E-state index >= 15 is 0 Å². The van der Waals surface area contributed by atoms with E-state index in [1.807, 2.05) is 0 Å². The van der Waals surface area contributed by atoms with E-state index < -0.39 is 11.6 Å². The van der Waals surface area contributed by atoms with Crippen molar-refractivity contribution in [2.75, 3.05) is 24.5 Å². The minimum atomic E-state index is -0.805. The molecule has 3 rings (SSSR count). The molecule has 1 aliphatic heterocycles. The molecular formula is C18H27F2IN4. The van der Waals surface area contributed by atoms with Crippen LogP contribution in [0.15, 0.2) is 23.2 Å². The van der Waals surface area contributed by atoms with Crippen LogP contribution in [-0.4, -0.2) is 31.6 Å². The molecule has 1 saturated carbocycles. The molecule has 1 aliphatic carbocycles. The van der Waals surface area contributed by atoms with Crippen molar-refractivity contribution in [1.29, 1.82) is 0 Å². The number of nitrogens with zero attached hydrogens (tertiary/aromatic N) is 2. The second kappa shape index (κ2) is 9.54.